The maximum Gasteiger partial charge on any atom is 0.224 e. The van der Waals surface area contributed by atoms with Gasteiger partial charge >= 0.3 is 0 Å². The molecule has 2 N–H and O–H groups in total. The highest BCUT2D eigenvalue weighted by Crippen LogP contribution is 2.27. The fourth-order valence-electron chi connectivity index (χ4n) is 3.53. The summed E-state index contributed by atoms with van der Waals surface area (Å²) in [6.07, 6.45) is 8.20. The Kier molecular flexibility index (Phi) is 6.45. The van der Waals surface area contributed by atoms with E-state index in [0.29, 0.717) is 32.0 Å². The number of aliphatic hydroxyl groups is 1. The number of carbonyl (C=O) groups excluding carboxylic acids is 2. The Morgan fingerprint density at radius 2 is 1.87 bits per heavy atom. The molecule has 5 nitrogen and oxygen atoms in total. The first kappa shape index (κ1) is 18.2. The number of amides is 2. The van der Waals surface area contributed by atoms with E-state index in [-0.39, 0.29) is 29.8 Å². The van der Waals surface area contributed by atoms with Gasteiger partial charge in [0, 0.05) is 37.6 Å². The fourth-order valence-corrected chi connectivity index (χ4v) is 3.53. The van der Waals surface area contributed by atoms with Gasteiger partial charge < -0.3 is 15.3 Å². The summed E-state index contributed by atoms with van der Waals surface area (Å²) in [7, 11) is 0. The summed E-state index contributed by atoms with van der Waals surface area (Å²) >= 11 is 0. The quantitative estimate of drug-likeness (QED) is 0.761. The van der Waals surface area contributed by atoms with Crippen molar-refractivity contribution in [3.8, 4) is 0 Å². The predicted molar refractivity (Wildman–Crippen MR) is 89.8 cm³/mol. The van der Waals surface area contributed by atoms with Crippen LogP contribution in [0.2, 0.25) is 0 Å². The maximum absolute atomic E-state index is 12.4. The number of nitrogens with zero attached hydrogens (tertiary/aromatic N) is 1. The lowest BCUT2D eigenvalue weighted by atomic mass is 9.92. The number of piperidine rings is 1. The van der Waals surface area contributed by atoms with Crippen molar-refractivity contribution in [2.24, 2.45) is 11.3 Å². The number of hydrogen-bond donors (Lipinski definition) is 2. The molecule has 1 heterocycles. The minimum atomic E-state index is -0.304. The van der Waals surface area contributed by atoms with Crippen LogP contribution in [0.3, 0.4) is 0 Å². The maximum atomic E-state index is 12.4. The molecule has 0 radical (unpaired) electrons. The molecular formula is C18H32N2O3. The van der Waals surface area contributed by atoms with Crippen molar-refractivity contribution < 1.29 is 14.7 Å². The number of hydrogen-bond acceptors (Lipinski definition) is 3. The molecule has 1 saturated heterocycles. The lowest BCUT2D eigenvalue weighted by molar-refractivity contribution is -0.141. The van der Waals surface area contributed by atoms with Crippen molar-refractivity contribution in [1.29, 1.82) is 0 Å². The Labute approximate surface area is 139 Å². The predicted octanol–water partition coefficient (Wildman–Crippen LogP) is 2.08. The van der Waals surface area contributed by atoms with Crippen LogP contribution in [0, 0.1) is 11.3 Å². The molecular weight excluding hydrogens is 292 g/mol. The van der Waals surface area contributed by atoms with E-state index in [0.717, 1.165) is 12.8 Å². The number of carbonyl (C=O) groups is 2. The monoisotopic (exact) mass is 324 g/mol. The van der Waals surface area contributed by atoms with Crippen LogP contribution in [0.25, 0.3) is 0 Å². The zero-order valence-corrected chi connectivity index (χ0v) is 14.6. The first-order valence-electron chi connectivity index (χ1n) is 9.11. The Bertz CT molecular complexity index is 414. The van der Waals surface area contributed by atoms with Crippen LogP contribution in [-0.2, 0) is 9.59 Å². The van der Waals surface area contributed by atoms with E-state index in [1.165, 1.54) is 25.7 Å². The van der Waals surface area contributed by atoms with E-state index >= 15 is 0 Å². The molecule has 0 bridgehead atoms. The molecule has 2 amide bonds. The van der Waals surface area contributed by atoms with Crippen LogP contribution in [0.5, 0.6) is 0 Å². The number of rotatable bonds is 5. The van der Waals surface area contributed by atoms with Gasteiger partial charge in [-0.05, 0) is 19.3 Å². The zero-order chi connectivity index (χ0) is 16.9. The Hall–Kier alpha value is -1.10. The Balaban J connectivity index is 1.91. The molecule has 0 aromatic rings. The van der Waals surface area contributed by atoms with Crippen LogP contribution in [0.1, 0.15) is 65.2 Å². The van der Waals surface area contributed by atoms with E-state index < -0.39 is 0 Å². The van der Waals surface area contributed by atoms with E-state index in [1.54, 1.807) is 0 Å². The summed E-state index contributed by atoms with van der Waals surface area (Å²) in [6, 6.07) is 0.328. The standard InChI is InChI=1S/C18H32N2O3/c1-18(2,13-21)12-19-17(23)14-9-10-16(22)20(11-14)15-7-5-3-4-6-8-15/h14-15,21H,3-13H2,1-2H3,(H,19,23). The largest absolute Gasteiger partial charge is 0.396 e. The second-order valence-corrected chi connectivity index (χ2v) is 7.97. The van der Waals surface area contributed by atoms with Gasteiger partial charge in [0.15, 0.2) is 0 Å². The van der Waals surface area contributed by atoms with Gasteiger partial charge in [-0.2, -0.15) is 0 Å². The van der Waals surface area contributed by atoms with Crippen LogP contribution in [0.15, 0.2) is 0 Å². The van der Waals surface area contributed by atoms with E-state index in [1.807, 2.05) is 18.7 Å². The van der Waals surface area contributed by atoms with Crippen molar-refractivity contribution in [2.45, 2.75) is 71.3 Å². The number of likely N-dealkylation sites (tertiary alicyclic amines) is 1. The average Bonchev–Trinajstić information content (AvgIpc) is 2.82. The van der Waals surface area contributed by atoms with Crippen LogP contribution in [0.4, 0.5) is 0 Å². The minimum Gasteiger partial charge on any atom is -0.396 e. The molecule has 5 heteroatoms. The van der Waals surface area contributed by atoms with Crippen LogP contribution in [-0.4, -0.2) is 47.6 Å². The third-order valence-corrected chi connectivity index (χ3v) is 5.25. The van der Waals surface area contributed by atoms with Gasteiger partial charge in [0.25, 0.3) is 0 Å². The Morgan fingerprint density at radius 3 is 2.48 bits per heavy atom. The Morgan fingerprint density at radius 1 is 1.22 bits per heavy atom. The molecule has 23 heavy (non-hydrogen) atoms. The van der Waals surface area contributed by atoms with Gasteiger partial charge in [0.05, 0.1) is 5.92 Å². The fraction of sp³-hybridized carbons (Fsp3) is 0.889. The molecule has 2 fully saturated rings. The van der Waals surface area contributed by atoms with Crippen molar-refractivity contribution in [2.75, 3.05) is 19.7 Å². The van der Waals surface area contributed by atoms with Crippen LogP contribution >= 0.6 is 0 Å². The summed E-state index contributed by atoms with van der Waals surface area (Å²) < 4.78 is 0. The lowest BCUT2D eigenvalue weighted by Crippen LogP contribution is -2.50. The van der Waals surface area contributed by atoms with Crippen molar-refractivity contribution >= 4 is 11.8 Å². The average molecular weight is 324 g/mol. The summed E-state index contributed by atoms with van der Waals surface area (Å²) in [5, 5.41) is 12.2. The first-order chi connectivity index (χ1) is 10.9. The van der Waals surface area contributed by atoms with Gasteiger partial charge in [-0.3, -0.25) is 9.59 Å². The minimum absolute atomic E-state index is 0.0256. The topological polar surface area (TPSA) is 69.6 Å². The van der Waals surface area contributed by atoms with Crippen molar-refractivity contribution in [3.05, 3.63) is 0 Å². The van der Waals surface area contributed by atoms with Gasteiger partial charge in [0.1, 0.15) is 0 Å². The molecule has 1 aliphatic heterocycles. The molecule has 2 aliphatic rings. The third kappa shape index (κ3) is 5.20. The summed E-state index contributed by atoms with van der Waals surface area (Å²) in [6.45, 7) is 4.93. The van der Waals surface area contributed by atoms with Crippen LogP contribution < -0.4 is 5.32 Å². The zero-order valence-electron chi connectivity index (χ0n) is 14.6. The molecule has 0 spiro atoms. The molecule has 1 aliphatic carbocycles. The van der Waals surface area contributed by atoms with Crippen molar-refractivity contribution in [1.82, 2.24) is 10.2 Å². The van der Waals surface area contributed by atoms with Gasteiger partial charge in [-0.15, -0.1) is 0 Å². The number of nitrogens with one attached hydrogen (secondary N) is 1. The van der Waals surface area contributed by atoms with E-state index in [2.05, 4.69) is 5.32 Å². The SMILES string of the molecule is CC(C)(CO)CNC(=O)C1CCC(=O)N(C2CCCCCC2)C1. The first-order valence-corrected chi connectivity index (χ1v) is 9.11. The summed E-state index contributed by atoms with van der Waals surface area (Å²) in [5.41, 5.74) is -0.304. The summed E-state index contributed by atoms with van der Waals surface area (Å²) in [4.78, 5) is 26.7. The molecule has 0 aromatic carbocycles. The highest BCUT2D eigenvalue weighted by molar-refractivity contribution is 5.84. The second-order valence-electron chi connectivity index (χ2n) is 7.97. The van der Waals surface area contributed by atoms with E-state index in [4.69, 9.17) is 0 Å². The molecule has 132 valence electrons. The van der Waals surface area contributed by atoms with Crippen molar-refractivity contribution in [3.63, 3.8) is 0 Å². The second kappa shape index (κ2) is 8.13. The third-order valence-electron chi connectivity index (χ3n) is 5.25. The van der Waals surface area contributed by atoms with E-state index in [9.17, 15) is 14.7 Å². The molecule has 1 atom stereocenters. The smallest absolute Gasteiger partial charge is 0.224 e. The highest BCUT2D eigenvalue weighted by Gasteiger charge is 2.34. The molecule has 0 aromatic heterocycles. The normalized spacial score (nSPS) is 24.4. The lowest BCUT2D eigenvalue weighted by Gasteiger charge is -2.38. The van der Waals surface area contributed by atoms with Gasteiger partial charge in [0.2, 0.25) is 11.8 Å². The molecule has 2 rings (SSSR count). The molecule has 1 unspecified atom stereocenters. The van der Waals surface area contributed by atoms with Gasteiger partial charge in [-0.1, -0.05) is 39.5 Å². The highest BCUT2D eigenvalue weighted by atomic mass is 16.3. The number of aliphatic hydroxyl groups excluding tert-OH is 1. The molecule has 1 saturated carbocycles. The van der Waals surface area contributed by atoms with Gasteiger partial charge in [-0.25, -0.2) is 0 Å². The summed E-state index contributed by atoms with van der Waals surface area (Å²) in [5.74, 6) is 0.139.